The third kappa shape index (κ3) is 11.7. The van der Waals surface area contributed by atoms with Crippen molar-refractivity contribution in [1.82, 2.24) is 0 Å². The van der Waals surface area contributed by atoms with Gasteiger partial charge < -0.3 is 0 Å². The Hall–Kier alpha value is 0.484. The minimum absolute atomic E-state index is 0. The van der Waals surface area contributed by atoms with E-state index in [4.69, 9.17) is 0 Å². The first kappa shape index (κ1) is 26.4. The van der Waals surface area contributed by atoms with Crippen LogP contribution >= 0.6 is 48.0 Å². The van der Waals surface area contributed by atoms with Gasteiger partial charge in [0.1, 0.15) is 0 Å². The smallest absolute Gasteiger partial charge is 0 e. The first-order chi connectivity index (χ1) is 8.36. The molecule has 3 heteroatoms. The van der Waals surface area contributed by atoms with Crippen molar-refractivity contribution >= 4 is 48.0 Å². The molecule has 21 heavy (non-hydrogen) atoms. The summed E-state index contributed by atoms with van der Waals surface area (Å²) in [4.78, 5) is 0. The van der Waals surface area contributed by atoms with Crippen molar-refractivity contribution in [1.29, 1.82) is 0 Å². The Labute approximate surface area is 176 Å². The molecular formula is C18H26I2V. The van der Waals surface area contributed by atoms with Crippen LogP contribution in [0, 0.1) is 41.5 Å². The van der Waals surface area contributed by atoms with Gasteiger partial charge in [-0.2, -0.15) is 0 Å². The van der Waals surface area contributed by atoms with Crippen LogP contribution < -0.4 is 0 Å². The van der Waals surface area contributed by atoms with E-state index in [0.29, 0.717) is 0 Å². The second-order valence-corrected chi connectivity index (χ2v) is 5.33. The molecule has 2 aromatic carbocycles. The molecule has 0 spiro atoms. The summed E-state index contributed by atoms with van der Waals surface area (Å²) in [5.41, 5.74) is 8.13. The van der Waals surface area contributed by atoms with Gasteiger partial charge in [0, 0.05) is 18.6 Å². The van der Waals surface area contributed by atoms with Gasteiger partial charge in [-0.15, -0.1) is 48.0 Å². The van der Waals surface area contributed by atoms with Gasteiger partial charge in [0.15, 0.2) is 0 Å². The van der Waals surface area contributed by atoms with Crippen LogP contribution in [-0.4, -0.2) is 0 Å². The zero-order valence-corrected chi connectivity index (χ0v) is 19.8. The van der Waals surface area contributed by atoms with E-state index in [1.807, 2.05) is 0 Å². The van der Waals surface area contributed by atoms with Gasteiger partial charge in [-0.3, -0.25) is 0 Å². The van der Waals surface area contributed by atoms with Crippen molar-refractivity contribution in [2.24, 2.45) is 0 Å². The molecule has 2 rings (SSSR count). The van der Waals surface area contributed by atoms with Crippen LogP contribution in [0.15, 0.2) is 36.4 Å². The molecule has 0 heterocycles. The Morgan fingerprint density at radius 3 is 0.571 bits per heavy atom. The Morgan fingerprint density at radius 1 is 0.381 bits per heavy atom. The summed E-state index contributed by atoms with van der Waals surface area (Å²) in [7, 11) is 0. The molecule has 0 saturated heterocycles. The van der Waals surface area contributed by atoms with Crippen LogP contribution in [0.1, 0.15) is 33.4 Å². The zero-order chi connectivity index (χ0) is 13.7. The summed E-state index contributed by atoms with van der Waals surface area (Å²) >= 11 is 0. The predicted molar refractivity (Wildman–Crippen MR) is 112 cm³/mol. The van der Waals surface area contributed by atoms with Crippen molar-refractivity contribution in [3.8, 4) is 0 Å². The Balaban J connectivity index is -0.000000270. The molecule has 0 aliphatic heterocycles. The SMILES string of the molecule is Cc1cc(C)cc(C)c1.Cc1cc(C)cc(C)c1.I.I.[V]. The molecular weight excluding hydrogens is 521 g/mol. The number of benzene rings is 2. The summed E-state index contributed by atoms with van der Waals surface area (Å²) in [6, 6.07) is 13.1. The van der Waals surface area contributed by atoms with Crippen molar-refractivity contribution in [2.75, 3.05) is 0 Å². The van der Waals surface area contributed by atoms with E-state index in [1.165, 1.54) is 33.4 Å². The number of aryl methyl sites for hydroxylation is 6. The molecule has 0 aliphatic carbocycles. The summed E-state index contributed by atoms with van der Waals surface area (Å²) in [6.07, 6.45) is 0. The fraction of sp³-hybridized carbons (Fsp3) is 0.333. The van der Waals surface area contributed by atoms with E-state index in [0.717, 1.165) is 0 Å². The normalized spacial score (nSPS) is 8.29. The average Bonchev–Trinajstić information content (AvgIpc) is 2.12. The van der Waals surface area contributed by atoms with E-state index < -0.39 is 0 Å². The van der Waals surface area contributed by atoms with Gasteiger partial charge in [-0.05, 0) is 41.5 Å². The topological polar surface area (TPSA) is 0 Å². The third-order valence-corrected chi connectivity index (χ3v) is 2.73. The molecule has 0 atom stereocenters. The van der Waals surface area contributed by atoms with Crippen molar-refractivity contribution in [3.05, 3.63) is 69.8 Å². The van der Waals surface area contributed by atoms with E-state index in [9.17, 15) is 0 Å². The van der Waals surface area contributed by atoms with Gasteiger partial charge >= 0.3 is 0 Å². The maximum atomic E-state index is 2.19. The molecule has 0 saturated carbocycles. The molecule has 0 unspecified atom stereocenters. The number of hydrogen-bond acceptors (Lipinski definition) is 0. The molecule has 0 nitrogen and oxygen atoms in total. The van der Waals surface area contributed by atoms with Crippen molar-refractivity contribution < 1.29 is 18.6 Å². The molecule has 1 radical (unpaired) electrons. The third-order valence-electron chi connectivity index (χ3n) is 2.73. The molecule has 0 amide bonds. The van der Waals surface area contributed by atoms with Crippen LogP contribution in [0.2, 0.25) is 0 Å². The van der Waals surface area contributed by atoms with Crippen LogP contribution in [0.3, 0.4) is 0 Å². The summed E-state index contributed by atoms with van der Waals surface area (Å²) in [5.74, 6) is 0. The van der Waals surface area contributed by atoms with Gasteiger partial charge in [0.2, 0.25) is 0 Å². The molecule has 0 fully saturated rings. The van der Waals surface area contributed by atoms with E-state index in [2.05, 4.69) is 77.9 Å². The average molecular weight is 547 g/mol. The van der Waals surface area contributed by atoms with Gasteiger partial charge in [-0.1, -0.05) is 69.8 Å². The monoisotopic (exact) mass is 547 g/mol. The van der Waals surface area contributed by atoms with Crippen LogP contribution in [0.5, 0.6) is 0 Å². The fourth-order valence-electron chi connectivity index (χ4n) is 2.40. The summed E-state index contributed by atoms with van der Waals surface area (Å²) in [6.45, 7) is 12.8. The maximum Gasteiger partial charge on any atom is 0 e. The predicted octanol–water partition coefficient (Wildman–Crippen LogP) is 6.46. The zero-order valence-electron chi connectivity index (χ0n) is 13.7. The van der Waals surface area contributed by atoms with Crippen LogP contribution in [0.4, 0.5) is 0 Å². The molecule has 0 bridgehead atoms. The first-order valence-electron chi connectivity index (χ1n) is 6.46. The largest absolute Gasteiger partial charge is 0.107 e. The Morgan fingerprint density at radius 2 is 0.476 bits per heavy atom. The minimum Gasteiger partial charge on any atom is -0.107 e. The number of halogens is 2. The van der Waals surface area contributed by atoms with Gasteiger partial charge in [-0.25, -0.2) is 0 Å². The Bertz CT molecular complexity index is 386. The first-order valence-corrected chi connectivity index (χ1v) is 6.46. The molecule has 0 N–H and O–H groups in total. The summed E-state index contributed by atoms with van der Waals surface area (Å²) in [5, 5.41) is 0. The molecule has 0 aromatic heterocycles. The van der Waals surface area contributed by atoms with Crippen LogP contribution in [-0.2, 0) is 18.6 Å². The second-order valence-electron chi connectivity index (χ2n) is 5.33. The molecule has 2 aromatic rings. The number of hydrogen-bond donors (Lipinski definition) is 0. The second kappa shape index (κ2) is 13.0. The Kier molecular flexibility index (Phi) is 16.3. The van der Waals surface area contributed by atoms with Crippen LogP contribution in [0.25, 0.3) is 0 Å². The maximum absolute atomic E-state index is 2.19. The molecule has 0 aliphatic rings. The van der Waals surface area contributed by atoms with Crippen molar-refractivity contribution in [2.45, 2.75) is 41.5 Å². The van der Waals surface area contributed by atoms with E-state index >= 15 is 0 Å². The minimum atomic E-state index is 0. The number of rotatable bonds is 0. The molecule has 117 valence electrons. The van der Waals surface area contributed by atoms with E-state index in [-0.39, 0.29) is 66.5 Å². The summed E-state index contributed by atoms with van der Waals surface area (Å²) < 4.78 is 0. The standard InChI is InChI=1S/2C9H12.2HI.V/c2*1-7-4-8(2)6-9(3)5-7;;;/h2*4-6H,1-3H3;2*1H;. The quantitative estimate of drug-likeness (QED) is 0.333. The van der Waals surface area contributed by atoms with E-state index in [1.54, 1.807) is 0 Å². The van der Waals surface area contributed by atoms with Gasteiger partial charge in [0.05, 0.1) is 0 Å². The fourth-order valence-corrected chi connectivity index (χ4v) is 2.40. The van der Waals surface area contributed by atoms with Crippen molar-refractivity contribution in [3.63, 3.8) is 0 Å². The van der Waals surface area contributed by atoms with Gasteiger partial charge in [0.25, 0.3) is 0 Å².